The summed E-state index contributed by atoms with van der Waals surface area (Å²) in [5.41, 5.74) is 2.25. The molecule has 0 aliphatic carbocycles. The van der Waals surface area contributed by atoms with Gasteiger partial charge in [0, 0.05) is 11.5 Å². The normalized spacial score (nSPS) is 16.2. The minimum atomic E-state index is -1.41. The van der Waals surface area contributed by atoms with Crippen molar-refractivity contribution in [1.29, 1.82) is 0 Å². The van der Waals surface area contributed by atoms with Crippen LogP contribution < -0.4 is 0 Å². The molecule has 0 amide bonds. The first kappa shape index (κ1) is 21.3. The fourth-order valence-corrected chi connectivity index (χ4v) is 5.01. The van der Waals surface area contributed by atoms with Crippen molar-refractivity contribution in [3.8, 4) is 0 Å². The van der Waals surface area contributed by atoms with Gasteiger partial charge in [0.15, 0.2) is 0 Å². The molecule has 0 heterocycles. The third kappa shape index (κ3) is 6.61. The van der Waals surface area contributed by atoms with Gasteiger partial charge >= 0.3 is 0 Å². The molecule has 0 aromatic heterocycles. The van der Waals surface area contributed by atoms with Gasteiger partial charge in [0.1, 0.15) is 18.3 Å². The van der Waals surface area contributed by atoms with Gasteiger partial charge in [-0.2, -0.15) is 0 Å². The number of aliphatic hydroxyl groups is 4. The average molecular weight is 395 g/mol. The Morgan fingerprint density at radius 3 is 1.46 bits per heavy atom. The summed E-state index contributed by atoms with van der Waals surface area (Å²) in [6, 6.07) is 19.8. The van der Waals surface area contributed by atoms with Crippen LogP contribution in [0, 0.1) is 0 Å². The molecule has 2 aromatic rings. The standard InChI is InChI=1S/C20H26O4S2/c1-14(21)17(22)18(23)19(24)20(25-12-15-8-4-2-5-9-15)26-13-16-10-6-3-7-11-16/h2-11,14,17-24H,12-13H2,1H3/t14-,17+,18+,19-/m0/s1. The van der Waals surface area contributed by atoms with Crippen LogP contribution in [-0.2, 0) is 11.5 Å². The van der Waals surface area contributed by atoms with E-state index >= 15 is 0 Å². The van der Waals surface area contributed by atoms with E-state index in [-0.39, 0.29) is 4.58 Å². The summed E-state index contributed by atoms with van der Waals surface area (Å²) in [4.78, 5) is 0. The molecule has 4 N–H and O–H groups in total. The number of thioether (sulfide) groups is 2. The molecule has 4 nitrogen and oxygen atoms in total. The Hall–Kier alpha value is -1.02. The zero-order valence-electron chi connectivity index (χ0n) is 14.7. The molecule has 0 bridgehead atoms. The average Bonchev–Trinajstić information content (AvgIpc) is 2.68. The number of benzene rings is 2. The van der Waals surface area contributed by atoms with E-state index in [0.29, 0.717) is 11.5 Å². The summed E-state index contributed by atoms with van der Waals surface area (Å²) in [6.45, 7) is 1.39. The lowest BCUT2D eigenvalue weighted by atomic mass is 10.1. The maximum Gasteiger partial charge on any atom is 0.110 e. The fraction of sp³-hybridized carbons (Fsp3) is 0.400. The summed E-state index contributed by atoms with van der Waals surface area (Å²) in [5.74, 6) is 1.36. The first-order valence-electron chi connectivity index (χ1n) is 8.52. The lowest BCUT2D eigenvalue weighted by Crippen LogP contribution is -2.46. The second-order valence-electron chi connectivity index (χ2n) is 6.17. The quantitative estimate of drug-likeness (QED) is 0.464. The molecule has 0 radical (unpaired) electrons. The van der Waals surface area contributed by atoms with Gasteiger partial charge in [0.2, 0.25) is 0 Å². The van der Waals surface area contributed by atoms with Gasteiger partial charge in [-0.3, -0.25) is 0 Å². The monoisotopic (exact) mass is 394 g/mol. The summed E-state index contributed by atoms with van der Waals surface area (Å²) in [6.07, 6.45) is -5.07. The minimum Gasteiger partial charge on any atom is -0.391 e. The van der Waals surface area contributed by atoms with Crippen molar-refractivity contribution in [3.63, 3.8) is 0 Å². The highest BCUT2D eigenvalue weighted by atomic mass is 32.2. The highest BCUT2D eigenvalue weighted by molar-refractivity contribution is 8.16. The third-order valence-corrected chi connectivity index (χ3v) is 7.02. The van der Waals surface area contributed by atoms with Crippen molar-refractivity contribution in [2.75, 3.05) is 0 Å². The van der Waals surface area contributed by atoms with Crippen LogP contribution >= 0.6 is 23.5 Å². The van der Waals surface area contributed by atoms with E-state index in [4.69, 9.17) is 0 Å². The van der Waals surface area contributed by atoms with Crippen molar-refractivity contribution in [2.45, 2.75) is 47.4 Å². The molecule has 0 saturated carbocycles. The molecule has 0 saturated heterocycles. The Bertz CT molecular complexity index is 581. The molecule has 0 aliphatic heterocycles. The van der Waals surface area contributed by atoms with Crippen molar-refractivity contribution in [2.24, 2.45) is 0 Å². The molecule has 0 unspecified atom stereocenters. The molecule has 142 valence electrons. The molecule has 2 rings (SSSR count). The number of aliphatic hydroxyl groups excluding tert-OH is 4. The van der Waals surface area contributed by atoms with Gasteiger partial charge in [-0.1, -0.05) is 60.7 Å². The van der Waals surface area contributed by atoms with Crippen molar-refractivity contribution >= 4 is 23.5 Å². The van der Waals surface area contributed by atoms with Gasteiger partial charge in [0.25, 0.3) is 0 Å². The number of hydrogen-bond acceptors (Lipinski definition) is 6. The SMILES string of the molecule is C[C@H](O)[C@@H](O)[C@@H](O)[C@H](O)C(SCc1ccccc1)SCc1ccccc1. The Balaban J connectivity index is 2.03. The molecule has 26 heavy (non-hydrogen) atoms. The van der Waals surface area contributed by atoms with Gasteiger partial charge in [0.05, 0.1) is 10.7 Å². The zero-order chi connectivity index (χ0) is 18.9. The van der Waals surface area contributed by atoms with Crippen molar-refractivity contribution in [3.05, 3.63) is 71.8 Å². The van der Waals surface area contributed by atoms with Crippen LogP contribution in [-0.4, -0.2) is 49.4 Å². The topological polar surface area (TPSA) is 80.9 Å². The van der Waals surface area contributed by atoms with Crippen molar-refractivity contribution < 1.29 is 20.4 Å². The minimum absolute atomic E-state index is 0.348. The first-order valence-corrected chi connectivity index (χ1v) is 10.6. The Kier molecular flexibility index (Phi) is 8.98. The maximum atomic E-state index is 10.6. The molecule has 2 aromatic carbocycles. The lowest BCUT2D eigenvalue weighted by molar-refractivity contribution is -0.0952. The second kappa shape index (κ2) is 11.0. The Labute approximate surface area is 163 Å². The van der Waals surface area contributed by atoms with E-state index < -0.39 is 24.4 Å². The summed E-state index contributed by atoms with van der Waals surface area (Å²) in [7, 11) is 0. The molecule has 0 fully saturated rings. The molecular weight excluding hydrogens is 368 g/mol. The van der Waals surface area contributed by atoms with E-state index in [2.05, 4.69) is 0 Å². The van der Waals surface area contributed by atoms with E-state index in [1.807, 2.05) is 60.7 Å². The predicted molar refractivity (Wildman–Crippen MR) is 109 cm³/mol. The van der Waals surface area contributed by atoms with E-state index in [0.717, 1.165) is 11.1 Å². The van der Waals surface area contributed by atoms with E-state index in [1.54, 1.807) is 0 Å². The molecule has 0 aliphatic rings. The zero-order valence-corrected chi connectivity index (χ0v) is 16.3. The fourth-order valence-electron chi connectivity index (χ4n) is 2.40. The van der Waals surface area contributed by atoms with Crippen LogP contribution in [0.4, 0.5) is 0 Å². The van der Waals surface area contributed by atoms with Gasteiger partial charge < -0.3 is 20.4 Å². The van der Waals surface area contributed by atoms with Crippen LogP contribution in [0.1, 0.15) is 18.1 Å². The van der Waals surface area contributed by atoms with E-state index in [9.17, 15) is 20.4 Å². The van der Waals surface area contributed by atoms with E-state index in [1.165, 1.54) is 30.4 Å². The van der Waals surface area contributed by atoms with Gasteiger partial charge in [-0.05, 0) is 18.1 Å². The van der Waals surface area contributed by atoms with Crippen molar-refractivity contribution in [1.82, 2.24) is 0 Å². The van der Waals surface area contributed by atoms with Gasteiger partial charge in [-0.15, -0.1) is 23.5 Å². The van der Waals surface area contributed by atoms with Crippen LogP contribution in [0.25, 0.3) is 0 Å². The Morgan fingerprint density at radius 1 is 0.654 bits per heavy atom. The largest absolute Gasteiger partial charge is 0.391 e. The van der Waals surface area contributed by atoms with Crippen LogP contribution in [0.15, 0.2) is 60.7 Å². The molecular formula is C20H26O4S2. The lowest BCUT2D eigenvalue weighted by Gasteiger charge is -2.30. The summed E-state index contributed by atoms with van der Waals surface area (Å²) in [5, 5.41) is 40.2. The van der Waals surface area contributed by atoms with Crippen LogP contribution in [0.3, 0.4) is 0 Å². The maximum absolute atomic E-state index is 10.6. The van der Waals surface area contributed by atoms with Crippen LogP contribution in [0.5, 0.6) is 0 Å². The Morgan fingerprint density at radius 2 is 1.08 bits per heavy atom. The summed E-state index contributed by atoms with van der Waals surface area (Å²) >= 11 is 3.04. The number of hydrogen-bond donors (Lipinski definition) is 4. The van der Waals surface area contributed by atoms with Crippen LogP contribution in [0.2, 0.25) is 0 Å². The molecule has 6 heteroatoms. The molecule has 4 atom stereocenters. The molecule has 0 spiro atoms. The summed E-state index contributed by atoms with van der Waals surface area (Å²) < 4.78 is -0.348. The second-order valence-corrected chi connectivity index (χ2v) is 8.73. The smallest absolute Gasteiger partial charge is 0.110 e. The van der Waals surface area contributed by atoms with Gasteiger partial charge in [-0.25, -0.2) is 0 Å². The number of rotatable bonds is 10. The highest BCUT2D eigenvalue weighted by Gasteiger charge is 2.34. The third-order valence-electron chi connectivity index (χ3n) is 3.99. The highest BCUT2D eigenvalue weighted by Crippen LogP contribution is 2.34. The first-order chi connectivity index (χ1) is 12.5. The predicted octanol–water partition coefficient (Wildman–Crippen LogP) is 2.64.